The molecule has 0 unspecified atom stereocenters. The van der Waals surface area contributed by atoms with Gasteiger partial charge in [-0.15, -0.1) is 0 Å². The van der Waals surface area contributed by atoms with E-state index in [0.717, 1.165) is 10.9 Å². The van der Waals surface area contributed by atoms with E-state index in [1.807, 2.05) is 19.1 Å². The van der Waals surface area contributed by atoms with Gasteiger partial charge in [0.15, 0.2) is 0 Å². The molecule has 1 aromatic heterocycles. The van der Waals surface area contributed by atoms with Crippen LogP contribution in [-0.4, -0.2) is 15.4 Å². The molecule has 7 heteroatoms. The largest absolute Gasteiger partial charge is 0.324 e. The number of benzene rings is 2. The van der Waals surface area contributed by atoms with E-state index in [1.54, 1.807) is 18.2 Å². The summed E-state index contributed by atoms with van der Waals surface area (Å²) in [5, 5.41) is 14.3. The number of nitrogens with one attached hydrogen (secondary N) is 1. The van der Waals surface area contributed by atoms with Gasteiger partial charge >= 0.3 is 0 Å². The number of fused-ring (bicyclic) bond motifs is 1. The Kier molecular flexibility index (Phi) is 4.30. The minimum absolute atomic E-state index is 0.115. The number of nitrogens with zero attached hydrogens (tertiary/aromatic N) is 2. The number of aromatic nitrogens is 1. The summed E-state index contributed by atoms with van der Waals surface area (Å²) in [6.07, 6.45) is 0. The van der Waals surface area contributed by atoms with E-state index in [4.69, 9.17) is 0 Å². The van der Waals surface area contributed by atoms with Crippen LogP contribution in [0.3, 0.4) is 0 Å². The van der Waals surface area contributed by atoms with Crippen LogP contribution in [0.25, 0.3) is 10.9 Å². The monoisotopic (exact) mass is 337 g/mol. The summed E-state index contributed by atoms with van der Waals surface area (Å²) in [5.41, 5.74) is 1.43. The first-order valence-corrected chi connectivity index (χ1v) is 7.59. The van der Waals surface area contributed by atoms with Crippen molar-refractivity contribution in [3.63, 3.8) is 0 Å². The van der Waals surface area contributed by atoms with Crippen LogP contribution in [0.15, 0.2) is 59.4 Å². The van der Waals surface area contributed by atoms with Gasteiger partial charge in [-0.25, -0.2) is 0 Å². The van der Waals surface area contributed by atoms with Crippen LogP contribution in [0.4, 0.5) is 11.4 Å². The van der Waals surface area contributed by atoms with Gasteiger partial charge in [0.05, 0.1) is 10.4 Å². The first-order chi connectivity index (χ1) is 12.0. The fourth-order valence-electron chi connectivity index (χ4n) is 2.71. The van der Waals surface area contributed by atoms with Crippen molar-refractivity contribution in [3.05, 3.63) is 80.6 Å². The number of amides is 1. The van der Waals surface area contributed by atoms with Crippen LogP contribution in [0.2, 0.25) is 0 Å². The third kappa shape index (κ3) is 3.40. The summed E-state index contributed by atoms with van der Waals surface area (Å²) in [4.78, 5) is 34.8. The molecule has 126 valence electrons. The van der Waals surface area contributed by atoms with Crippen molar-refractivity contribution in [1.29, 1.82) is 0 Å². The van der Waals surface area contributed by atoms with Crippen LogP contribution in [0, 0.1) is 17.0 Å². The predicted molar refractivity (Wildman–Crippen MR) is 94.7 cm³/mol. The molecule has 1 heterocycles. The summed E-state index contributed by atoms with van der Waals surface area (Å²) in [6, 6.07) is 14.5. The van der Waals surface area contributed by atoms with E-state index in [0.29, 0.717) is 11.2 Å². The van der Waals surface area contributed by atoms with Gasteiger partial charge in [-0.05, 0) is 24.6 Å². The number of anilines is 1. The molecule has 2 aromatic carbocycles. The van der Waals surface area contributed by atoms with Gasteiger partial charge in [-0.1, -0.05) is 24.3 Å². The maximum absolute atomic E-state index is 12.3. The minimum atomic E-state index is -0.534. The number of hydrogen-bond acceptors (Lipinski definition) is 4. The number of para-hydroxylation sites is 1. The smallest absolute Gasteiger partial charge is 0.271 e. The number of non-ortho nitro benzene ring substituents is 1. The highest BCUT2D eigenvalue weighted by atomic mass is 16.6. The first kappa shape index (κ1) is 16.4. The normalized spacial score (nSPS) is 10.6. The highest BCUT2D eigenvalue weighted by Gasteiger charge is 2.12. The third-order valence-corrected chi connectivity index (χ3v) is 3.87. The maximum atomic E-state index is 12.3. The Balaban J connectivity index is 1.89. The predicted octanol–water partition coefficient (Wildman–Crippen LogP) is 2.86. The number of aryl methyl sites for hydroxylation is 1. The van der Waals surface area contributed by atoms with Gasteiger partial charge in [0, 0.05) is 29.3 Å². The lowest BCUT2D eigenvalue weighted by Crippen LogP contribution is -2.27. The molecular formula is C18H15N3O4. The molecular weight excluding hydrogens is 322 g/mol. The van der Waals surface area contributed by atoms with Gasteiger partial charge in [-0.2, -0.15) is 0 Å². The Morgan fingerprint density at radius 1 is 1.16 bits per heavy atom. The van der Waals surface area contributed by atoms with Gasteiger partial charge < -0.3 is 5.32 Å². The number of pyridine rings is 1. The number of carbonyl (C=O) groups excluding carboxylic acids is 1. The van der Waals surface area contributed by atoms with E-state index in [-0.39, 0.29) is 17.8 Å². The quantitative estimate of drug-likeness (QED) is 0.585. The minimum Gasteiger partial charge on any atom is -0.324 e. The van der Waals surface area contributed by atoms with E-state index in [2.05, 4.69) is 5.32 Å². The molecule has 1 amide bonds. The molecule has 0 radical (unpaired) electrons. The lowest BCUT2D eigenvalue weighted by atomic mass is 10.1. The lowest BCUT2D eigenvalue weighted by Gasteiger charge is -2.12. The topological polar surface area (TPSA) is 94.2 Å². The Labute approximate surface area is 142 Å². The summed E-state index contributed by atoms with van der Waals surface area (Å²) in [6.45, 7) is 1.67. The van der Waals surface area contributed by atoms with Gasteiger partial charge in [0.25, 0.3) is 11.2 Å². The molecule has 0 saturated carbocycles. The standard InChI is InChI=1S/C18H15N3O4/c1-12-9-18(23)20(16-8-3-2-7-15(12)16)11-17(22)19-13-5-4-6-14(10-13)21(24)25/h2-10H,11H2,1H3,(H,19,22). The number of rotatable bonds is 4. The van der Waals surface area contributed by atoms with E-state index in [1.165, 1.54) is 28.8 Å². The Hall–Kier alpha value is -3.48. The summed E-state index contributed by atoms with van der Waals surface area (Å²) < 4.78 is 1.38. The second kappa shape index (κ2) is 6.56. The second-order valence-corrected chi connectivity index (χ2v) is 5.62. The van der Waals surface area contributed by atoms with Crippen molar-refractivity contribution >= 4 is 28.2 Å². The molecule has 0 saturated heterocycles. The maximum Gasteiger partial charge on any atom is 0.271 e. The Morgan fingerprint density at radius 2 is 1.92 bits per heavy atom. The zero-order chi connectivity index (χ0) is 18.0. The van der Waals surface area contributed by atoms with Gasteiger partial charge in [0.2, 0.25) is 5.91 Å². The fourth-order valence-corrected chi connectivity index (χ4v) is 2.71. The van der Waals surface area contributed by atoms with Crippen LogP contribution < -0.4 is 10.9 Å². The zero-order valence-corrected chi connectivity index (χ0v) is 13.4. The second-order valence-electron chi connectivity index (χ2n) is 5.62. The molecule has 3 aromatic rings. The number of hydrogen-bond donors (Lipinski definition) is 1. The molecule has 0 fully saturated rings. The van der Waals surface area contributed by atoms with Crippen molar-refractivity contribution in [1.82, 2.24) is 4.57 Å². The van der Waals surface area contributed by atoms with Gasteiger partial charge in [-0.3, -0.25) is 24.3 Å². The number of nitro benzene ring substituents is 1. The molecule has 0 aliphatic heterocycles. The van der Waals surface area contributed by atoms with Crippen molar-refractivity contribution < 1.29 is 9.72 Å². The summed E-state index contributed by atoms with van der Waals surface area (Å²) in [5.74, 6) is -0.434. The molecule has 0 aliphatic rings. The van der Waals surface area contributed by atoms with Crippen LogP contribution in [0.1, 0.15) is 5.56 Å². The zero-order valence-electron chi connectivity index (χ0n) is 13.4. The summed E-state index contributed by atoms with van der Waals surface area (Å²) >= 11 is 0. The average Bonchev–Trinajstić information content (AvgIpc) is 2.59. The SMILES string of the molecule is Cc1cc(=O)n(CC(=O)Nc2cccc([N+](=O)[O-])c2)c2ccccc12. The van der Waals surface area contributed by atoms with Crippen LogP contribution in [0.5, 0.6) is 0 Å². The first-order valence-electron chi connectivity index (χ1n) is 7.59. The summed E-state index contributed by atoms with van der Waals surface area (Å²) in [7, 11) is 0. The average molecular weight is 337 g/mol. The Morgan fingerprint density at radius 3 is 2.68 bits per heavy atom. The van der Waals surface area contributed by atoms with Crippen LogP contribution >= 0.6 is 0 Å². The van der Waals surface area contributed by atoms with E-state index >= 15 is 0 Å². The molecule has 0 spiro atoms. The number of carbonyl (C=O) groups is 1. The van der Waals surface area contributed by atoms with Gasteiger partial charge in [0.1, 0.15) is 6.54 Å². The fraction of sp³-hybridized carbons (Fsp3) is 0.111. The van der Waals surface area contributed by atoms with Crippen molar-refractivity contribution in [2.75, 3.05) is 5.32 Å². The van der Waals surface area contributed by atoms with Crippen molar-refractivity contribution in [2.24, 2.45) is 0 Å². The molecule has 1 N–H and O–H groups in total. The van der Waals surface area contributed by atoms with E-state index in [9.17, 15) is 19.7 Å². The molecule has 0 atom stereocenters. The lowest BCUT2D eigenvalue weighted by molar-refractivity contribution is -0.384. The molecule has 3 rings (SSSR count). The molecule has 7 nitrogen and oxygen atoms in total. The highest BCUT2D eigenvalue weighted by molar-refractivity contribution is 5.92. The third-order valence-electron chi connectivity index (χ3n) is 3.87. The molecule has 0 aliphatic carbocycles. The van der Waals surface area contributed by atoms with Crippen molar-refractivity contribution in [2.45, 2.75) is 13.5 Å². The van der Waals surface area contributed by atoms with Crippen LogP contribution in [-0.2, 0) is 11.3 Å². The molecule has 25 heavy (non-hydrogen) atoms. The Bertz CT molecular complexity index is 1040. The van der Waals surface area contributed by atoms with E-state index < -0.39 is 10.8 Å². The number of nitro groups is 1. The van der Waals surface area contributed by atoms with Crippen molar-refractivity contribution in [3.8, 4) is 0 Å². The highest BCUT2D eigenvalue weighted by Crippen LogP contribution is 2.18. The molecule has 0 bridgehead atoms.